The van der Waals surface area contributed by atoms with E-state index in [1.165, 1.54) is 0 Å². The molecule has 0 aliphatic carbocycles. The van der Waals surface area contributed by atoms with E-state index in [2.05, 4.69) is 10.6 Å². The van der Waals surface area contributed by atoms with Crippen LogP contribution in [0.1, 0.15) is 15.9 Å². The minimum atomic E-state index is -0.312. The number of hydrogen-bond donors (Lipinski definition) is 3. The molecule has 0 aliphatic rings. The zero-order valence-electron chi connectivity index (χ0n) is 16.4. The van der Waals surface area contributed by atoms with Gasteiger partial charge in [0.05, 0.1) is 7.11 Å². The largest absolute Gasteiger partial charge is 0.508 e. The van der Waals surface area contributed by atoms with E-state index in [0.717, 1.165) is 0 Å². The lowest BCUT2D eigenvalue weighted by Crippen LogP contribution is -2.23. The fourth-order valence-corrected chi connectivity index (χ4v) is 2.69. The molecule has 154 valence electrons. The molecule has 0 fully saturated rings. The van der Waals surface area contributed by atoms with Gasteiger partial charge in [0.25, 0.3) is 11.8 Å². The number of methoxy groups -OCH3 is 1. The second-order valence-corrected chi connectivity index (χ2v) is 6.40. The number of carbonyl (C=O) groups is 2. The Morgan fingerprint density at radius 2 is 1.70 bits per heavy atom. The first-order valence-electron chi connectivity index (χ1n) is 9.27. The van der Waals surface area contributed by atoms with Gasteiger partial charge in [-0.25, -0.2) is 0 Å². The van der Waals surface area contributed by atoms with Crippen molar-refractivity contribution in [3.8, 4) is 17.2 Å². The number of nitrogens with one attached hydrogen (secondary N) is 2. The van der Waals surface area contributed by atoms with Crippen LogP contribution < -0.4 is 20.1 Å². The van der Waals surface area contributed by atoms with E-state index in [1.807, 2.05) is 0 Å². The maximum Gasteiger partial charge on any atom is 0.262 e. The number of phenols is 1. The van der Waals surface area contributed by atoms with Gasteiger partial charge in [0, 0.05) is 29.4 Å². The van der Waals surface area contributed by atoms with Gasteiger partial charge in [-0.15, -0.1) is 0 Å². The Balaban J connectivity index is 1.48. The molecule has 0 unspecified atom stereocenters. The number of anilines is 1. The summed E-state index contributed by atoms with van der Waals surface area (Å²) in [6, 6.07) is 20.3. The number of ether oxygens (including phenoxy) is 2. The highest BCUT2D eigenvalue weighted by molar-refractivity contribution is 5.94. The quantitative estimate of drug-likeness (QED) is 0.533. The van der Waals surface area contributed by atoms with Gasteiger partial charge in [-0.2, -0.15) is 0 Å². The Labute approximate surface area is 174 Å². The lowest BCUT2D eigenvalue weighted by Gasteiger charge is -2.10. The first-order valence-corrected chi connectivity index (χ1v) is 9.27. The highest BCUT2D eigenvalue weighted by Gasteiger charge is 2.08. The zero-order chi connectivity index (χ0) is 21.3. The van der Waals surface area contributed by atoms with Crippen LogP contribution >= 0.6 is 0 Å². The molecule has 0 radical (unpaired) electrons. The van der Waals surface area contributed by atoms with E-state index in [-0.39, 0.29) is 30.7 Å². The molecule has 0 spiro atoms. The lowest BCUT2D eigenvalue weighted by molar-refractivity contribution is -0.118. The maximum atomic E-state index is 12.3. The summed E-state index contributed by atoms with van der Waals surface area (Å²) in [5.41, 5.74) is 1.69. The summed E-state index contributed by atoms with van der Waals surface area (Å²) in [5, 5.41) is 15.2. The van der Waals surface area contributed by atoms with E-state index in [0.29, 0.717) is 28.3 Å². The van der Waals surface area contributed by atoms with Crippen molar-refractivity contribution in [2.24, 2.45) is 0 Å². The third-order valence-electron chi connectivity index (χ3n) is 4.27. The lowest BCUT2D eigenvalue weighted by atomic mass is 10.1. The highest BCUT2D eigenvalue weighted by Crippen LogP contribution is 2.18. The van der Waals surface area contributed by atoms with Crippen LogP contribution in [0.4, 0.5) is 5.69 Å². The van der Waals surface area contributed by atoms with Crippen LogP contribution in [-0.2, 0) is 11.3 Å². The standard InChI is InChI=1S/C23H22N2O5/c1-29-20-7-4-6-18(13-20)25-22(27)15-30-19-11-9-16(10-12-19)23(28)24-14-17-5-2-3-8-21(17)26/h2-13,26H,14-15H2,1H3,(H,24,28)(H,25,27). The number of rotatable bonds is 8. The number of amides is 2. The van der Waals surface area contributed by atoms with Crippen molar-refractivity contribution in [3.05, 3.63) is 83.9 Å². The SMILES string of the molecule is COc1cccc(NC(=O)COc2ccc(C(=O)NCc3ccccc3O)cc2)c1. The van der Waals surface area contributed by atoms with Crippen LogP contribution in [0.25, 0.3) is 0 Å². The van der Waals surface area contributed by atoms with Gasteiger partial charge in [0.2, 0.25) is 0 Å². The molecule has 0 aliphatic heterocycles. The number of hydrogen-bond acceptors (Lipinski definition) is 5. The van der Waals surface area contributed by atoms with Gasteiger partial charge in [-0.05, 0) is 42.5 Å². The normalized spacial score (nSPS) is 10.2. The Kier molecular flexibility index (Phi) is 6.89. The van der Waals surface area contributed by atoms with Crippen molar-refractivity contribution in [1.82, 2.24) is 5.32 Å². The van der Waals surface area contributed by atoms with Gasteiger partial charge in [0.15, 0.2) is 6.61 Å². The molecule has 3 aromatic rings. The topological polar surface area (TPSA) is 96.9 Å². The van der Waals surface area contributed by atoms with Crippen LogP contribution in [0.2, 0.25) is 0 Å². The molecular weight excluding hydrogens is 384 g/mol. The third-order valence-corrected chi connectivity index (χ3v) is 4.27. The second-order valence-electron chi connectivity index (χ2n) is 6.40. The average molecular weight is 406 g/mol. The van der Waals surface area contributed by atoms with Gasteiger partial charge in [-0.1, -0.05) is 24.3 Å². The Hall–Kier alpha value is -4.00. The third kappa shape index (κ3) is 5.75. The fourth-order valence-electron chi connectivity index (χ4n) is 2.69. The molecule has 2 amide bonds. The average Bonchev–Trinajstić information content (AvgIpc) is 2.77. The van der Waals surface area contributed by atoms with Crippen molar-refractivity contribution < 1.29 is 24.2 Å². The molecule has 3 aromatic carbocycles. The molecule has 0 bridgehead atoms. The van der Waals surface area contributed by atoms with Gasteiger partial charge < -0.3 is 25.2 Å². The Morgan fingerprint density at radius 1 is 0.933 bits per heavy atom. The fraction of sp³-hybridized carbons (Fsp3) is 0.130. The van der Waals surface area contributed by atoms with Crippen LogP contribution in [0, 0.1) is 0 Å². The molecule has 0 saturated heterocycles. The molecule has 0 saturated carbocycles. The molecule has 0 aromatic heterocycles. The van der Waals surface area contributed by atoms with E-state index in [9.17, 15) is 14.7 Å². The molecule has 0 atom stereocenters. The Morgan fingerprint density at radius 3 is 2.43 bits per heavy atom. The molecule has 30 heavy (non-hydrogen) atoms. The van der Waals surface area contributed by atoms with E-state index in [1.54, 1.807) is 79.9 Å². The minimum absolute atomic E-state index is 0.133. The smallest absolute Gasteiger partial charge is 0.262 e. The summed E-state index contributed by atoms with van der Waals surface area (Å²) >= 11 is 0. The van der Waals surface area contributed by atoms with Crippen molar-refractivity contribution in [2.45, 2.75) is 6.54 Å². The summed E-state index contributed by atoms with van der Waals surface area (Å²) in [7, 11) is 1.56. The molecular formula is C23H22N2O5. The predicted octanol–water partition coefficient (Wildman–Crippen LogP) is 3.35. The highest BCUT2D eigenvalue weighted by atomic mass is 16.5. The zero-order valence-corrected chi connectivity index (χ0v) is 16.4. The minimum Gasteiger partial charge on any atom is -0.508 e. The van der Waals surface area contributed by atoms with E-state index in [4.69, 9.17) is 9.47 Å². The van der Waals surface area contributed by atoms with Gasteiger partial charge >= 0.3 is 0 Å². The van der Waals surface area contributed by atoms with Crippen molar-refractivity contribution in [3.63, 3.8) is 0 Å². The van der Waals surface area contributed by atoms with E-state index >= 15 is 0 Å². The van der Waals surface area contributed by atoms with Crippen LogP contribution in [-0.4, -0.2) is 30.6 Å². The Bertz CT molecular complexity index is 1020. The number of para-hydroxylation sites is 1. The molecule has 0 heterocycles. The molecule has 3 N–H and O–H groups in total. The van der Waals surface area contributed by atoms with Crippen molar-refractivity contribution in [2.75, 3.05) is 19.0 Å². The van der Waals surface area contributed by atoms with Crippen LogP contribution in [0.5, 0.6) is 17.2 Å². The molecule has 3 rings (SSSR count). The molecule has 7 heteroatoms. The number of phenolic OH excluding ortho intramolecular Hbond substituents is 1. The molecule has 7 nitrogen and oxygen atoms in total. The van der Waals surface area contributed by atoms with Crippen molar-refractivity contribution >= 4 is 17.5 Å². The summed E-state index contributed by atoms with van der Waals surface area (Å²) in [4.78, 5) is 24.3. The van der Waals surface area contributed by atoms with Crippen LogP contribution in [0.3, 0.4) is 0 Å². The summed E-state index contributed by atoms with van der Waals surface area (Å²) in [6.45, 7) is 0.0459. The predicted molar refractivity (Wildman–Crippen MR) is 113 cm³/mol. The summed E-state index contributed by atoms with van der Waals surface area (Å²) < 4.78 is 10.6. The van der Waals surface area contributed by atoms with Gasteiger partial charge in [0.1, 0.15) is 17.2 Å². The number of aromatic hydroxyl groups is 1. The first kappa shape index (κ1) is 20.7. The summed E-state index contributed by atoms with van der Waals surface area (Å²) in [5.74, 6) is 0.653. The van der Waals surface area contributed by atoms with Crippen molar-refractivity contribution in [1.29, 1.82) is 0 Å². The van der Waals surface area contributed by atoms with Crippen LogP contribution in [0.15, 0.2) is 72.8 Å². The number of benzene rings is 3. The van der Waals surface area contributed by atoms with Gasteiger partial charge in [-0.3, -0.25) is 9.59 Å². The second kappa shape index (κ2) is 9.97. The number of carbonyl (C=O) groups excluding carboxylic acids is 2. The first-order chi connectivity index (χ1) is 14.5. The summed E-state index contributed by atoms with van der Waals surface area (Å²) in [6.07, 6.45) is 0. The maximum absolute atomic E-state index is 12.3. The monoisotopic (exact) mass is 406 g/mol. The van der Waals surface area contributed by atoms with E-state index < -0.39 is 0 Å².